The summed E-state index contributed by atoms with van der Waals surface area (Å²) in [5, 5.41) is 14.0. The van der Waals surface area contributed by atoms with E-state index < -0.39 is 17.9 Å². The number of carbonyl (C=O) groups excluding carboxylic acids is 3. The molecule has 0 bridgehead atoms. The quantitative estimate of drug-likeness (QED) is 0.394. The number of hydroxylamine groups is 1. The minimum Gasteiger partial charge on any atom is -0.357 e. The molecule has 0 aliphatic carbocycles. The lowest BCUT2D eigenvalue weighted by Crippen LogP contribution is -2.49. The summed E-state index contributed by atoms with van der Waals surface area (Å²) in [6.45, 7) is 3.88. The van der Waals surface area contributed by atoms with Gasteiger partial charge in [-0.15, -0.1) is 0 Å². The molecule has 0 saturated carbocycles. The number of rotatable bonds is 9. The first kappa shape index (κ1) is 20.6. The molecule has 3 amide bonds. The molecule has 0 aliphatic rings. The molecule has 7 heteroatoms. The Kier molecular flexibility index (Phi) is 8.63. The molecule has 138 valence electrons. The van der Waals surface area contributed by atoms with Crippen molar-refractivity contribution in [1.82, 2.24) is 16.1 Å². The number of hydrogen-bond acceptors (Lipinski definition) is 4. The Morgan fingerprint density at radius 1 is 1.08 bits per heavy atom. The third-order valence-corrected chi connectivity index (χ3v) is 3.85. The van der Waals surface area contributed by atoms with Gasteiger partial charge < -0.3 is 10.6 Å². The summed E-state index contributed by atoms with van der Waals surface area (Å²) in [6.07, 6.45) is 0.699. The van der Waals surface area contributed by atoms with Crippen molar-refractivity contribution in [3.63, 3.8) is 0 Å². The van der Waals surface area contributed by atoms with Crippen LogP contribution >= 0.6 is 0 Å². The van der Waals surface area contributed by atoms with Crippen LogP contribution < -0.4 is 16.1 Å². The van der Waals surface area contributed by atoms with Crippen LogP contribution in [0.3, 0.4) is 0 Å². The Balaban J connectivity index is 2.85. The molecule has 0 aliphatic heterocycles. The summed E-state index contributed by atoms with van der Waals surface area (Å²) < 4.78 is 0. The Hall–Kier alpha value is -2.41. The SMILES string of the molecule is CNC(=O)C(Cc1ccccc1)NC(=O)C(CC(=O)NO)CC(C)C. The van der Waals surface area contributed by atoms with Gasteiger partial charge >= 0.3 is 0 Å². The van der Waals surface area contributed by atoms with Crippen molar-refractivity contribution in [1.29, 1.82) is 0 Å². The van der Waals surface area contributed by atoms with Gasteiger partial charge in [0.05, 0.1) is 0 Å². The van der Waals surface area contributed by atoms with Crippen LogP contribution in [0, 0.1) is 11.8 Å². The molecule has 0 radical (unpaired) electrons. The van der Waals surface area contributed by atoms with Crippen LogP contribution in [0.2, 0.25) is 0 Å². The van der Waals surface area contributed by atoms with Crippen molar-refractivity contribution in [2.45, 2.75) is 39.2 Å². The second kappa shape index (κ2) is 10.5. The average molecular weight is 349 g/mol. The van der Waals surface area contributed by atoms with E-state index in [0.29, 0.717) is 12.8 Å². The molecule has 0 aromatic heterocycles. The lowest BCUT2D eigenvalue weighted by molar-refractivity contribution is -0.136. The van der Waals surface area contributed by atoms with E-state index in [-0.39, 0.29) is 24.2 Å². The number of likely N-dealkylation sites (N-methyl/N-ethyl adjacent to an activating group) is 1. The van der Waals surface area contributed by atoms with Crippen LogP contribution in [0.15, 0.2) is 30.3 Å². The van der Waals surface area contributed by atoms with Gasteiger partial charge in [0.15, 0.2) is 0 Å². The molecule has 2 unspecified atom stereocenters. The van der Waals surface area contributed by atoms with Crippen molar-refractivity contribution in [3.8, 4) is 0 Å². The molecule has 1 aromatic rings. The zero-order chi connectivity index (χ0) is 18.8. The molecule has 4 N–H and O–H groups in total. The zero-order valence-corrected chi connectivity index (χ0v) is 14.9. The molecule has 0 spiro atoms. The highest BCUT2D eigenvalue weighted by Crippen LogP contribution is 2.16. The van der Waals surface area contributed by atoms with Crippen LogP contribution in [-0.4, -0.2) is 36.0 Å². The molecular weight excluding hydrogens is 322 g/mol. The summed E-state index contributed by atoms with van der Waals surface area (Å²) in [5.41, 5.74) is 2.47. The summed E-state index contributed by atoms with van der Waals surface area (Å²) in [7, 11) is 1.51. The summed E-state index contributed by atoms with van der Waals surface area (Å²) in [5.74, 6) is -1.72. The first-order chi connectivity index (χ1) is 11.9. The number of carbonyl (C=O) groups is 3. The van der Waals surface area contributed by atoms with Crippen LogP contribution in [0.25, 0.3) is 0 Å². The Bertz CT molecular complexity index is 575. The fraction of sp³-hybridized carbons (Fsp3) is 0.500. The molecule has 1 aromatic carbocycles. The van der Waals surface area contributed by atoms with Crippen molar-refractivity contribution in [2.24, 2.45) is 11.8 Å². The maximum Gasteiger partial charge on any atom is 0.244 e. The Labute approximate surface area is 148 Å². The highest BCUT2D eigenvalue weighted by atomic mass is 16.5. The van der Waals surface area contributed by atoms with E-state index in [1.165, 1.54) is 7.05 Å². The first-order valence-corrected chi connectivity index (χ1v) is 8.36. The lowest BCUT2D eigenvalue weighted by atomic mass is 9.92. The predicted molar refractivity (Wildman–Crippen MR) is 93.6 cm³/mol. The Morgan fingerprint density at radius 3 is 2.24 bits per heavy atom. The first-order valence-electron chi connectivity index (χ1n) is 8.36. The summed E-state index contributed by atoms with van der Waals surface area (Å²) >= 11 is 0. The van der Waals surface area contributed by atoms with Gasteiger partial charge in [-0.2, -0.15) is 0 Å². The van der Waals surface area contributed by atoms with E-state index in [1.807, 2.05) is 44.2 Å². The third-order valence-electron chi connectivity index (χ3n) is 3.85. The van der Waals surface area contributed by atoms with E-state index >= 15 is 0 Å². The maximum atomic E-state index is 12.6. The van der Waals surface area contributed by atoms with Gasteiger partial charge in [-0.05, 0) is 17.9 Å². The normalized spacial score (nSPS) is 13.0. The smallest absolute Gasteiger partial charge is 0.244 e. The number of benzene rings is 1. The maximum absolute atomic E-state index is 12.6. The third kappa shape index (κ3) is 7.34. The second-order valence-electron chi connectivity index (χ2n) is 6.43. The summed E-state index contributed by atoms with van der Waals surface area (Å²) in [4.78, 5) is 36.2. The topological polar surface area (TPSA) is 108 Å². The van der Waals surface area contributed by atoms with E-state index in [4.69, 9.17) is 5.21 Å². The molecule has 0 heterocycles. The molecule has 25 heavy (non-hydrogen) atoms. The molecule has 1 rings (SSSR count). The van der Waals surface area contributed by atoms with Crippen LogP contribution in [0.1, 0.15) is 32.3 Å². The van der Waals surface area contributed by atoms with E-state index in [1.54, 1.807) is 5.48 Å². The van der Waals surface area contributed by atoms with Crippen molar-refractivity contribution >= 4 is 17.7 Å². The number of hydrogen-bond donors (Lipinski definition) is 4. The predicted octanol–water partition coefficient (Wildman–Crippen LogP) is 1.02. The summed E-state index contributed by atoms with van der Waals surface area (Å²) in [6, 6.07) is 8.64. The fourth-order valence-electron chi connectivity index (χ4n) is 2.64. The van der Waals surface area contributed by atoms with Crippen LogP contribution in [-0.2, 0) is 20.8 Å². The van der Waals surface area contributed by atoms with E-state index in [0.717, 1.165) is 5.56 Å². The van der Waals surface area contributed by atoms with Gasteiger partial charge in [0.25, 0.3) is 0 Å². The van der Waals surface area contributed by atoms with Gasteiger partial charge in [-0.1, -0.05) is 44.2 Å². The average Bonchev–Trinajstić information content (AvgIpc) is 2.60. The van der Waals surface area contributed by atoms with Gasteiger partial charge in [0.2, 0.25) is 17.7 Å². The van der Waals surface area contributed by atoms with Crippen LogP contribution in [0.5, 0.6) is 0 Å². The van der Waals surface area contributed by atoms with Crippen molar-refractivity contribution in [2.75, 3.05) is 7.05 Å². The second-order valence-corrected chi connectivity index (χ2v) is 6.43. The standard InChI is InChI=1S/C18H27N3O4/c1-12(2)9-14(11-16(22)21-25)17(23)20-15(18(24)19-3)10-13-7-5-4-6-8-13/h4-8,12,14-15,25H,9-11H2,1-3H3,(H,19,24)(H,20,23)(H,21,22). The van der Waals surface area contributed by atoms with E-state index in [2.05, 4.69) is 10.6 Å². The molecular formula is C18H27N3O4. The minimum absolute atomic E-state index is 0.133. The van der Waals surface area contributed by atoms with Crippen LogP contribution in [0.4, 0.5) is 0 Å². The highest BCUT2D eigenvalue weighted by Gasteiger charge is 2.27. The number of amides is 3. The van der Waals surface area contributed by atoms with E-state index in [9.17, 15) is 14.4 Å². The molecule has 0 saturated heterocycles. The molecule has 0 fully saturated rings. The lowest BCUT2D eigenvalue weighted by Gasteiger charge is -2.22. The largest absolute Gasteiger partial charge is 0.357 e. The minimum atomic E-state index is -0.730. The van der Waals surface area contributed by atoms with Gasteiger partial charge in [0.1, 0.15) is 6.04 Å². The Morgan fingerprint density at radius 2 is 1.72 bits per heavy atom. The fourth-order valence-corrected chi connectivity index (χ4v) is 2.64. The number of nitrogens with one attached hydrogen (secondary N) is 3. The van der Waals surface area contributed by atoms with Crippen molar-refractivity contribution < 1.29 is 19.6 Å². The highest BCUT2D eigenvalue weighted by molar-refractivity contribution is 5.90. The monoisotopic (exact) mass is 349 g/mol. The van der Waals surface area contributed by atoms with Gasteiger partial charge in [0, 0.05) is 25.8 Å². The zero-order valence-electron chi connectivity index (χ0n) is 14.9. The van der Waals surface area contributed by atoms with Gasteiger partial charge in [-0.3, -0.25) is 19.6 Å². The molecule has 7 nitrogen and oxygen atoms in total. The van der Waals surface area contributed by atoms with Gasteiger partial charge in [-0.25, -0.2) is 5.48 Å². The van der Waals surface area contributed by atoms with Crippen molar-refractivity contribution in [3.05, 3.63) is 35.9 Å². The molecule has 2 atom stereocenters.